The van der Waals surface area contributed by atoms with Crippen LogP contribution in [0.5, 0.6) is 0 Å². The van der Waals surface area contributed by atoms with Crippen LogP contribution < -0.4 is 4.72 Å². The van der Waals surface area contributed by atoms with E-state index in [0.717, 1.165) is 0 Å². The summed E-state index contributed by atoms with van der Waals surface area (Å²) in [5.74, 6) is 5.30. The highest BCUT2D eigenvalue weighted by Crippen LogP contribution is 2.16. The third kappa shape index (κ3) is 5.48. The van der Waals surface area contributed by atoms with Gasteiger partial charge in [-0.2, -0.15) is 0 Å². The van der Waals surface area contributed by atoms with Gasteiger partial charge in [0, 0.05) is 25.8 Å². The van der Waals surface area contributed by atoms with Crippen molar-refractivity contribution in [2.45, 2.75) is 18.7 Å². The SMILES string of the molecule is COCC(C)CNS(=O)(=O)c1cc(C#CCO)ccc1C. The molecule has 0 aliphatic heterocycles. The predicted octanol–water partition coefficient (Wildman–Crippen LogP) is 0.900. The molecule has 0 saturated heterocycles. The molecule has 0 amide bonds. The second kappa shape index (κ2) is 8.15. The fourth-order valence-corrected chi connectivity index (χ4v) is 3.22. The summed E-state index contributed by atoms with van der Waals surface area (Å²) >= 11 is 0. The maximum atomic E-state index is 12.3. The molecule has 2 N–H and O–H groups in total. The van der Waals surface area contributed by atoms with Gasteiger partial charge < -0.3 is 9.84 Å². The molecule has 0 bridgehead atoms. The van der Waals surface area contributed by atoms with Crippen LogP contribution in [0.2, 0.25) is 0 Å². The number of sulfonamides is 1. The van der Waals surface area contributed by atoms with Crippen LogP contribution in [0.4, 0.5) is 0 Å². The number of aliphatic hydroxyl groups excluding tert-OH is 1. The molecule has 1 aromatic carbocycles. The summed E-state index contributed by atoms with van der Waals surface area (Å²) < 4.78 is 32.2. The Kier molecular flexibility index (Phi) is 6.85. The van der Waals surface area contributed by atoms with E-state index in [1.165, 1.54) is 6.07 Å². The number of benzene rings is 1. The van der Waals surface area contributed by atoms with Crippen LogP contribution >= 0.6 is 0 Å². The van der Waals surface area contributed by atoms with Gasteiger partial charge in [-0.25, -0.2) is 13.1 Å². The third-order valence-corrected chi connectivity index (χ3v) is 4.43. The highest BCUT2D eigenvalue weighted by molar-refractivity contribution is 7.89. The maximum absolute atomic E-state index is 12.3. The number of rotatable bonds is 6. The van der Waals surface area contributed by atoms with E-state index >= 15 is 0 Å². The summed E-state index contributed by atoms with van der Waals surface area (Å²) in [5, 5.41) is 8.69. The second-order valence-electron chi connectivity index (χ2n) is 4.85. The van der Waals surface area contributed by atoms with Crippen LogP contribution in [0, 0.1) is 24.7 Å². The number of aliphatic hydroxyl groups is 1. The molecular formula is C15H21NO4S. The van der Waals surface area contributed by atoms with Gasteiger partial charge >= 0.3 is 0 Å². The molecule has 1 aromatic rings. The molecule has 6 heteroatoms. The van der Waals surface area contributed by atoms with Gasteiger partial charge in [0.2, 0.25) is 10.0 Å². The van der Waals surface area contributed by atoms with Crippen molar-refractivity contribution in [2.75, 3.05) is 26.9 Å². The number of nitrogens with one attached hydrogen (secondary N) is 1. The fraction of sp³-hybridized carbons (Fsp3) is 0.467. The van der Waals surface area contributed by atoms with E-state index in [0.29, 0.717) is 24.3 Å². The molecule has 116 valence electrons. The Bertz CT molecular complexity index is 629. The molecular weight excluding hydrogens is 290 g/mol. The molecule has 0 aliphatic carbocycles. The van der Waals surface area contributed by atoms with Crippen molar-refractivity contribution < 1.29 is 18.3 Å². The first-order valence-corrected chi connectivity index (χ1v) is 8.08. The largest absolute Gasteiger partial charge is 0.384 e. The number of ether oxygens (including phenoxy) is 1. The molecule has 0 aromatic heterocycles. The first-order valence-electron chi connectivity index (χ1n) is 6.59. The molecule has 1 rings (SSSR count). The topological polar surface area (TPSA) is 75.6 Å². The van der Waals surface area contributed by atoms with Gasteiger partial charge in [0.25, 0.3) is 0 Å². The zero-order valence-electron chi connectivity index (χ0n) is 12.5. The number of hydrogen-bond donors (Lipinski definition) is 2. The van der Waals surface area contributed by atoms with Crippen molar-refractivity contribution in [1.29, 1.82) is 0 Å². The van der Waals surface area contributed by atoms with E-state index in [9.17, 15) is 8.42 Å². The Hall–Kier alpha value is -1.39. The van der Waals surface area contributed by atoms with Crippen molar-refractivity contribution in [2.24, 2.45) is 5.92 Å². The smallest absolute Gasteiger partial charge is 0.240 e. The van der Waals surface area contributed by atoms with Gasteiger partial charge in [-0.3, -0.25) is 0 Å². The molecule has 0 heterocycles. The molecule has 0 spiro atoms. The summed E-state index contributed by atoms with van der Waals surface area (Å²) in [6.07, 6.45) is 0. The van der Waals surface area contributed by atoms with Gasteiger partial charge in [-0.15, -0.1) is 0 Å². The quantitative estimate of drug-likeness (QED) is 0.765. The zero-order valence-corrected chi connectivity index (χ0v) is 13.3. The van der Waals surface area contributed by atoms with Gasteiger partial charge in [-0.1, -0.05) is 24.8 Å². The average molecular weight is 311 g/mol. The van der Waals surface area contributed by atoms with Crippen LogP contribution in [0.25, 0.3) is 0 Å². The Morgan fingerprint density at radius 3 is 2.76 bits per heavy atom. The summed E-state index contributed by atoms with van der Waals surface area (Å²) in [4.78, 5) is 0.205. The average Bonchev–Trinajstić information content (AvgIpc) is 2.44. The Labute approximate surface area is 126 Å². The van der Waals surface area contributed by atoms with Crippen molar-refractivity contribution >= 4 is 10.0 Å². The van der Waals surface area contributed by atoms with Gasteiger partial charge in [-0.05, 0) is 30.5 Å². The second-order valence-corrected chi connectivity index (χ2v) is 6.59. The number of aryl methyl sites for hydroxylation is 1. The van der Waals surface area contributed by atoms with E-state index in [1.54, 1.807) is 26.2 Å². The van der Waals surface area contributed by atoms with Crippen LogP contribution in [-0.2, 0) is 14.8 Å². The van der Waals surface area contributed by atoms with Gasteiger partial charge in [0.05, 0.1) is 4.90 Å². The minimum absolute atomic E-state index is 0.0856. The standard InChI is InChI=1S/C15H21NO4S/c1-12(11-20-3)10-16-21(18,19)15-9-14(5-4-8-17)7-6-13(15)2/h6-7,9,12,16-17H,8,10-11H2,1-3H3. The summed E-state index contributed by atoms with van der Waals surface area (Å²) in [5.41, 5.74) is 1.21. The van der Waals surface area contributed by atoms with Crippen LogP contribution in [0.15, 0.2) is 23.1 Å². The minimum Gasteiger partial charge on any atom is -0.384 e. The lowest BCUT2D eigenvalue weighted by molar-refractivity contribution is 0.161. The van der Waals surface area contributed by atoms with Gasteiger partial charge in [0.15, 0.2) is 0 Å². The van der Waals surface area contributed by atoms with Crippen molar-refractivity contribution in [1.82, 2.24) is 4.72 Å². The minimum atomic E-state index is -3.59. The molecule has 1 atom stereocenters. The third-order valence-electron chi connectivity index (χ3n) is 2.86. The Morgan fingerprint density at radius 1 is 1.43 bits per heavy atom. The highest BCUT2D eigenvalue weighted by Gasteiger charge is 2.18. The van der Waals surface area contributed by atoms with E-state index in [4.69, 9.17) is 9.84 Å². The lowest BCUT2D eigenvalue weighted by Crippen LogP contribution is -2.30. The van der Waals surface area contributed by atoms with Crippen LogP contribution in [0.3, 0.4) is 0 Å². The van der Waals surface area contributed by atoms with Gasteiger partial charge in [0.1, 0.15) is 6.61 Å². The highest BCUT2D eigenvalue weighted by atomic mass is 32.2. The molecule has 0 saturated carbocycles. The van der Waals surface area contributed by atoms with E-state index < -0.39 is 10.0 Å². The normalized spacial score (nSPS) is 12.6. The Balaban J connectivity index is 2.96. The molecule has 0 fully saturated rings. The molecule has 0 aliphatic rings. The van der Waals surface area contributed by atoms with Crippen molar-refractivity contribution in [3.8, 4) is 11.8 Å². The predicted molar refractivity (Wildman–Crippen MR) is 81.4 cm³/mol. The van der Waals surface area contributed by atoms with E-state index in [-0.39, 0.29) is 17.4 Å². The molecule has 1 unspecified atom stereocenters. The summed E-state index contributed by atoms with van der Waals surface area (Å²) in [6, 6.07) is 4.94. The molecule has 21 heavy (non-hydrogen) atoms. The van der Waals surface area contributed by atoms with Crippen molar-refractivity contribution in [3.05, 3.63) is 29.3 Å². The first kappa shape index (κ1) is 17.7. The van der Waals surface area contributed by atoms with E-state index in [2.05, 4.69) is 16.6 Å². The summed E-state index contributed by atoms with van der Waals surface area (Å²) in [7, 11) is -2.01. The molecule has 5 nitrogen and oxygen atoms in total. The monoisotopic (exact) mass is 311 g/mol. The number of hydrogen-bond acceptors (Lipinski definition) is 4. The number of methoxy groups -OCH3 is 1. The maximum Gasteiger partial charge on any atom is 0.240 e. The van der Waals surface area contributed by atoms with Crippen molar-refractivity contribution in [3.63, 3.8) is 0 Å². The first-order chi connectivity index (χ1) is 9.90. The van der Waals surface area contributed by atoms with Crippen LogP contribution in [0.1, 0.15) is 18.1 Å². The molecule has 0 radical (unpaired) electrons. The lowest BCUT2D eigenvalue weighted by Gasteiger charge is -2.13. The van der Waals surface area contributed by atoms with Crippen LogP contribution in [-0.4, -0.2) is 40.4 Å². The Morgan fingerprint density at radius 2 is 2.14 bits per heavy atom. The zero-order chi connectivity index (χ0) is 15.9. The summed E-state index contributed by atoms with van der Waals surface area (Å²) in [6.45, 7) is 4.17. The van der Waals surface area contributed by atoms with E-state index in [1.807, 2.05) is 6.92 Å². The fourth-order valence-electron chi connectivity index (χ4n) is 1.78. The lowest BCUT2D eigenvalue weighted by atomic mass is 10.1.